The SMILES string of the molecule is CCCC(CC)NC1CC2CCN1CC2.Cl. The third kappa shape index (κ3) is 3.35. The van der Waals surface area contributed by atoms with E-state index in [4.69, 9.17) is 0 Å². The van der Waals surface area contributed by atoms with E-state index in [9.17, 15) is 0 Å². The van der Waals surface area contributed by atoms with Gasteiger partial charge in [0, 0.05) is 6.04 Å². The number of rotatable bonds is 5. The minimum absolute atomic E-state index is 0. The van der Waals surface area contributed by atoms with Crippen molar-refractivity contribution >= 4 is 12.4 Å². The molecule has 3 rings (SSSR count). The molecule has 1 N–H and O–H groups in total. The molecule has 2 unspecified atom stereocenters. The summed E-state index contributed by atoms with van der Waals surface area (Å²) < 4.78 is 0. The average Bonchev–Trinajstić information content (AvgIpc) is 2.30. The summed E-state index contributed by atoms with van der Waals surface area (Å²) in [5.41, 5.74) is 0. The van der Waals surface area contributed by atoms with Gasteiger partial charge in [0.05, 0.1) is 6.17 Å². The lowest BCUT2D eigenvalue weighted by Gasteiger charge is -2.46. The van der Waals surface area contributed by atoms with Crippen molar-refractivity contribution in [1.82, 2.24) is 10.2 Å². The van der Waals surface area contributed by atoms with Crippen LogP contribution < -0.4 is 5.32 Å². The van der Waals surface area contributed by atoms with Crippen molar-refractivity contribution in [2.75, 3.05) is 13.1 Å². The zero-order valence-electron chi connectivity index (χ0n) is 10.7. The van der Waals surface area contributed by atoms with Crippen LogP contribution in [0.1, 0.15) is 52.4 Å². The van der Waals surface area contributed by atoms with Crippen molar-refractivity contribution in [3.63, 3.8) is 0 Å². The van der Waals surface area contributed by atoms with Crippen LogP contribution >= 0.6 is 12.4 Å². The van der Waals surface area contributed by atoms with Crippen molar-refractivity contribution in [2.45, 2.75) is 64.6 Å². The highest BCUT2D eigenvalue weighted by molar-refractivity contribution is 5.85. The minimum atomic E-state index is 0. The molecule has 3 fully saturated rings. The van der Waals surface area contributed by atoms with Crippen LogP contribution in [0.4, 0.5) is 0 Å². The highest BCUT2D eigenvalue weighted by atomic mass is 35.5. The number of nitrogens with zero attached hydrogens (tertiary/aromatic N) is 1. The average molecular weight is 247 g/mol. The Morgan fingerprint density at radius 3 is 2.38 bits per heavy atom. The van der Waals surface area contributed by atoms with Crippen molar-refractivity contribution in [3.05, 3.63) is 0 Å². The quantitative estimate of drug-likeness (QED) is 0.802. The van der Waals surface area contributed by atoms with Gasteiger partial charge in [-0.05, 0) is 51.1 Å². The first-order valence-electron chi connectivity index (χ1n) is 6.83. The Kier molecular flexibility index (Phi) is 6.09. The Morgan fingerprint density at radius 2 is 1.94 bits per heavy atom. The van der Waals surface area contributed by atoms with Crippen LogP contribution in [0.2, 0.25) is 0 Å². The van der Waals surface area contributed by atoms with Gasteiger partial charge in [-0.1, -0.05) is 20.3 Å². The molecule has 3 heteroatoms. The van der Waals surface area contributed by atoms with Crippen molar-refractivity contribution in [1.29, 1.82) is 0 Å². The van der Waals surface area contributed by atoms with E-state index in [0.717, 1.165) is 12.0 Å². The second-order valence-electron chi connectivity index (χ2n) is 5.29. The van der Waals surface area contributed by atoms with Crippen molar-refractivity contribution in [2.24, 2.45) is 5.92 Å². The maximum absolute atomic E-state index is 3.86. The molecule has 96 valence electrons. The maximum atomic E-state index is 3.86. The van der Waals surface area contributed by atoms with Crippen LogP contribution in [0.3, 0.4) is 0 Å². The van der Waals surface area contributed by atoms with Crippen LogP contribution in [0.5, 0.6) is 0 Å². The number of halogens is 1. The normalized spacial score (nSPS) is 34.5. The summed E-state index contributed by atoms with van der Waals surface area (Å²) in [5, 5.41) is 3.86. The first-order chi connectivity index (χ1) is 7.33. The van der Waals surface area contributed by atoms with Gasteiger partial charge in [-0.3, -0.25) is 10.2 Å². The number of piperidine rings is 3. The monoisotopic (exact) mass is 246 g/mol. The molecular formula is C13H27ClN2. The Hall–Kier alpha value is 0.210. The van der Waals surface area contributed by atoms with E-state index in [1.54, 1.807) is 0 Å². The molecule has 0 aromatic rings. The lowest BCUT2D eigenvalue weighted by molar-refractivity contribution is 0.0237. The number of nitrogens with one attached hydrogen (secondary N) is 1. The van der Waals surface area contributed by atoms with E-state index in [2.05, 4.69) is 24.1 Å². The molecule has 2 bridgehead atoms. The predicted octanol–water partition coefficient (Wildman–Crippen LogP) is 3.02. The molecule has 0 amide bonds. The molecule has 0 aromatic carbocycles. The van der Waals surface area contributed by atoms with Gasteiger partial charge >= 0.3 is 0 Å². The summed E-state index contributed by atoms with van der Waals surface area (Å²) in [4.78, 5) is 2.66. The van der Waals surface area contributed by atoms with Crippen LogP contribution in [0.25, 0.3) is 0 Å². The molecular weight excluding hydrogens is 220 g/mol. The highest BCUT2D eigenvalue weighted by Gasteiger charge is 2.33. The smallest absolute Gasteiger partial charge is 0.0601 e. The fraction of sp³-hybridized carbons (Fsp3) is 1.00. The zero-order chi connectivity index (χ0) is 10.7. The fourth-order valence-electron chi connectivity index (χ4n) is 3.16. The van der Waals surface area contributed by atoms with Crippen LogP contribution in [-0.4, -0.2) is 30.2 Å². The zero-order valence-corrected chi connectivity index (χ0v) is 11.6. The van der Waals surface area contributed by atoms with Gasteiger partial charge in [0.1, 0.15) is 0 Å². The molecule has 2 atom stereocenters. The summed E-state index contributed by atoms with van der Waals surface area (Å²) in [6.07, 6.45) is 8.93. The van der Waals surface area contributed by atoms with Gasteiger partial charge < -0.3 is 0 Å². The van der Waals surface area contributed by atoms with Gasteiger partial charge in [0.25, 0.3) is 0 Å². The van der Waals surface area contributed by atoms with Crippen molar-refractivity contribution < 1.29 is 0 Å². The fourth-order valence-corrected chi connectivity index (χ4v) is 3.16. The molecule has 0 radical (unpaired) electrons. The molecule has 0 saturated carbocycles. The van der Waals surface area contributed by atoms with Crippen LogP contribution in [0, 0.1) is 5.92 Å². The maximum Gasteiger partial charge on any atom is 0.0601 e. The molecule has 0 aliphatic carbocycles. The molecule has 0 spiro atoms. The summed E-state index contributed by atoms with van der Waals surface area (Å²) in [6, 6.07) is 0.749. The van der Waals surface area contributed by atoms with Gasteiger partial charge in [-0.25, -0.2) is 0 Å². The van der Waals surface area contributed by atoms with E-state index in [1.807, 2.05) is 0 Å². The van der Waals surface area contributed by atoms with Crippen LogP contribution in [0.15, 0.2) is 0 Å². The summed E-state index contributed by atoms with van der Waals surface area (Å²) in [6.45, 7) is 7.27. The minimum Gasteiger partial charge on any atom is -0.299 e. The second kappa shape index (κ2) is 6.83. The molecule has 3 saturated heterocycles. The number of fused-ring (bicyclic) bond motifs is 3. The third-order valence-electron chi connectivity index (χ3n) is 4.20. The van der Waals surface area contributed by atoms with E-state index in [0.29, 0.717) is 6.17 Å². The van der Waals surface area contributed by atoms with Gasteiger partial charge in [-0.15, -0.1) is 12.4 Å². The van der Waals surface area contributed by atoms with Gasteiger partial charge in [0.15, 0.2) is 0 Å². The largest absolute Gasteiger partial charge is 0.299 e. The Balaban J connectivity index is 0.00000128. The van der Waals surface area contributed by atoms with E-state index >= 15 is 0 Å². The number of hydrogen-bond acceptors (Lipinski definition) is 2. The highest BCUT2D eigenvalue weighted by Crippen LogP contribution is 2.31. The standard InChI is InChI=1S/C13H26N2.ClH/c1-3-5-12(4-2)14-13-10-11-6-8-15(13)9-7-11;/h11-14H,3-10H2,1-2H3;1H. The van der Waals surface area contributed by atoms with Crippen LogP contribution in [-0.2, 0) is 0 Å². The third-order valence-corrected chi connectivity index (χ3v) is 4.20. The molecule has 16 heavy (non-hydrogen) atoms. The summed E-state index contributed by atoms with van der Waals surface area (Å²) >= 11 is 0. The van der Waals surface area contributed by atoms with Crippen molar-refractivity contribution in [3.8, 4) is 0 Å². The Labute approximate surface area is 107 Å². The number of hydrogen-bond donors (Lipinski definition) is 1. The van der Waals surface area contributed by atoms with E-state index in [-0.39, 0.29) is 12.4 Å². The van der Waals surface area contributed by atoms with E-state index in [1.165, 1.54) is 51.6 Å². The summed E-state index contributed by atoms with van der Waals surface area (Å²) in [5.74, 6) is 1.02. The molecule has 0 aromatic heterocycles. The predicted molar refractivity (Wildman–Crippen MR) is 72.1 cm³/mol. The lowest BCUT2D eigenvalue weighted by atomic mass is 9.86. The molecule has 2 nitrogen and oxygen atoms in total. The van der Waals surface area contributed by atoms with Gasteiger partial charge in [-0.2, -0.15) is 0 Å². The topological polar surface area (TPSA) is 15.3 Å². The molecule has 3 aliphatic rings. The first-order valence-corrected chi connectivity index (χ1v) is 6.83. The summed E-state index contributed by atoms with van der Waals surface area (Å²) in [7, 11) is 0. The van der Waals surface area contributed by atoms with Gasteiger partial charge in [0.2, 0.25) is 0 Å². The first kappa shape index (κ1) is 14.3. The lowest BCUT2D eigenvalue weighted by Crippen LogP contribution is -2.57. The Bertz CT molecular complexity index is 190. The molecule has 3 heterocycles. The molecule has 3 aliphatic heterocycles. The Morgan fingerprint density at radius 1 is 1.25 bits per heavy atom. The second-order valence-corrected chi connectivity index (χ2v) is 5.29. The van der Waals surface area contributed by atoms with E-state index < -0.39 is 0 Å².